The van der Waals surface area contributed by atoms with Gasteiger partial charge in [-0.2, -0.15) is 0 Å². The van der Waals surface area contributed by atoms with Crippen molar-refractivity contribution >= 4 is 22.6 Å². The zero-order chi connectivity index (χ0) is 24.0. The molecule has 3 aromatic carbocycles. The van der Waals surface area contributed by atoms with Gasteiger partial charge in [-0.15, -0.1) is 0 Å². The van der Waals surface area contributed by atoms with Crippen LogP contribution in [0.1, 0.15) is 48.2 Å². The molecule has 0 bridgehead atoms. The number of hydrogen-bond donors (Lipinski definition) is 1. The molecule has 0 radical (unpaired) electrons. The smallest absolute Gasteiger partial charge is 0.146 e. The van der Waals surface area contributed by atoms with Crippen LogP contribution in [-0.2, 0) is 19.6 Å². The first-order chi connectivity index (χ1) is 17.1. The second kappa shape index (κ2) is 11.3. The van der Waals surface area contributed by atoms with Gasteiger partial charge in [-0.25, -0.2) is 4.98 Å². The van der Waals surface area contributed by atoms with Gasteiger partial charge >= 0.3 is 0 Å². The number of fused-ring (bicyclic) bond motifs is 1. The predicted molar refractivity (Wildman–Crippen MR) is 144 cm³/mol. The topological polar surface area (TPSA) is 41.2 Å². The Kier molecular flexibility index (Phi) is 7.70. The first kappa shape index (κ1) is 23.9. The van der Waals surface area contributed by atoms with Crippen LogP contribution in [0.4, 0.5) is 0 Å². The van der Waals surface area contributed by atoms with E-state index in [1.807, 2.05) is 24.3 Å². The second-order valence-electron chi connectivity index (χ2n) is 9.77. The van der Waals surface area contributed by atoms with Gasteiger partial charge in [0, 0.05) is 11.6 Å². The van der Waals surface area contributed by atoms with Gasteiger partial charge in [-0.05, 0) is 98.6 Å². The number of H-pyrrole nitrogens is 1. The van der Waals surface area contributed by atoms with E-state index in [0.717, 1.165) is 41.5 Å². The molecule has 1 saturated heterocycles. The van der Waals surface area contributed by atoms with Crippen molar-refractivity contribution in [2.24, 2.45) is 5.92 Å². The van der Waals surface area contributed by atoms with Crippen LogP contribution in [-0.4, -0.2) is 28.0 Å². The van der Waals surface area contributed by atoms with Gasteiger partial charge in [0.15, 0.2) is 0 Å². The Balaban J connectivity index is 1.10. The summed E-state index contributed by atoms with van der Waals surface area (Å²) in [5.41, 5.74) is 6.26. The number of likely N-dealkylation sites (tertiary alicyclic amines) is 1. The van der Waals surface area contributed by atoms with E-state index in [0.29, 0.717) is 11.6 Å². The summed E-state index contributed by atoms with van der Waals surface area (Å²) in [5.74, 6) is 2.49. The molecule has 35 heavy (non-hydrogen) atoms. The second-order valence-corrected chi connectivity index (χ2v) is 10.2. The van der Waals surface area contributed by atoms with Crippen LogP contribution in [0.5, 0.6) is 5.75 Å². The number of aromatic amines is 1. The molecule has 1 aliphatic rings. The Morgan fingerprint density at radius 1 is 1.00 bits per heavy atom. The molecule has 2 heterocycles. The van der Waals surface area contributed by atoms with Crippen LogP contribution >= 0.6 is 11.6 Å². The quantitative estimate of drug-likeness (QED) is 0.268. The fraction of sp³-hybridized carbons (Fsp3) is 0.367. The molecule has 4 aromatic rings. The summed E-state index contributed by atoms with van der Waals surface area (Å²) in [7, 11) is 0. The lowest BCUT2D eigenvalue weighted by atomic mass is 9.90. The van der Waals surface area contributed by atoms with Crippen LogP contribution in [0, 0.1) is 12.8 Å². The Bertz CT molecular complexity index is 1230. The summed E-state index contributed by atoms with van der Waals surface area (Å²) in [6.07, 6.45) is 6.32. The number of aryl methyl sites for hydroxylation is 2. The third-order valence-electron chi connectivity index (χ3n) is 7.27. The normalized spacial score (nSPS) is 15.0. The van der Waals surface area contributed by atoms with E-state index in [4.69, 9.17) is 21.3 Å². The van der Waals surface area contributed by atoms with Crippen molar-refractivity contribution in [1.29, 1.82) is 0 Å². The molecule has 0 atom stereocenters. The lowest BCUT2D eigenvalue weighted by Crippen LogP contribution is -2.33. The molecule has 0 amide bonds. The molecular formula is C30H34ClN3O. The summed E-state index contributed by atoms with van der Waals surface area (Å²) in [5, 5.41) is 0.706. The number of aromatic nitrogens is 2. The van der Waals surface area contributed by atoms with Crippen molar-refractivity contribution in [2.45, 2.75) is 52.2 Å². The minimum atomic E-state index is 0.411. The summed E-state index contributed by atoms with van der Waals surface area (Å²) >= 11 is 5.95. The molecule has 4 nitrogen and oxygen atoms in total. The van der Waals surface area contributed by atoms with Crippen molar-refractivity contribution in [2.75, 3.05) is 13.1 Å². The average Bonchev–Trinajstić information content (AvgIpc) is 3.31. The third kappa shape index (κ3) is 6.25. The molecule has 182 valence electrons. The molecule has 1 aliphatic heterocycles. The zero-order valence-electron chi connectivity index (χ0n) is 20.5. The predicted octanol–water partition coefficient (Wildman–Crippen LogP) is 7.34. The fourth-order valence-corrected chi connectivity index (χ4v) is 5.31. The number of benzene rings is 3. The molecule has 0 spiro atoms. The Hall–Kier alpha value is -2.82. The SMILES string of the molecule is Cc1c(CCCC2CCN(Cc3ccccc3)CC2)ccc2[nH]c(COc3ccc(Cl)cc3)nc12. The van der Waals surface area contributed by atoms with Crippen molar-refractivity contribution in [3.05, 3.63) is 94.3 Å². The van der Waals surface area contributed by atoms with Crippen molar-refractivity contribution < 1.29 is 4.74 Å². The number of imidazole rings is 1. The van der Waals surface area contributed by atoms with Crippen LogP contribution in [0.25, 0.3) is 11.0 Å². The highest BCUT2D eigenvalue weighted by molar-refractivity contribution is 6.30. The van der Waals surface area contributed by atoms with Crippen molar-refractivity contribution in [1.82, 2.24) is 14.9 Å². The van der Waals surface area contributed by atoms with Gasteiger partial charge in [0.05, 0.1) is 11.0 Å². The van der Waals surface area contributed by atoms with Crippen molar-refractivity contribution in [3.63, 3.8) is 0 Å². The van der Waals surface area contributed by atoms with E-state index >= 15 is 0 Å². The van der Waals surface area contributed by atoms with E-state index in [1.165, 1.54) is 55.5 Å². The van der Waals surface area contributed by atoms with Gasteiger partial charge in [0.1, 0.15) is 18.2 Å². The molecule has 1 fully saturated rings. The number of piperidine rings is 1. The third-order valence-corrected chi connectivity index (χ3v) is 7.52. The maximum atomic E-state index is 5.95. The lowest BCUT2D eigenvalue weighted by molar-refractivity contribution is 0.171. The van der Waals surface area contributed by atoms with Gasteiger partial charge in [0.25, 0.3) is 0 Å². The van der Waals surface area contributed by atoms with Crippen LogP contribution in [0.2, 0.25) is 5.02 Å². The van der Waals surface area contributed by atoms with Crippen molar-refractivity contribution in [3.8, 4) is 5.75 Å². The van der Waals surface area contributed by atoms with Gasteiger partial charge in [-0.1, -0.05) is 54.4 Å². The summed E-state index contributed by atoms with van der Waals surface area (Å²) in [4.78, 5) is 10.8. The minimum absolute atomic E-state index is 0.411. The minimum Gasteiger partial charge on any atom is -0.486 e. The van der Waals surface area contributed by atoms with E-state index in [-0.39, 0.29) is 0 Å². The molecule has 5 rings (SSSR count). The van der Waals surface area contributed by atoms with Gasteiger partial charge < -0.3 is 9.72 Å². The summed E-state index contributed by atoms with van der Waals surface area (Å²) < 4.78 is 5.86. The Labute approximate surface area is 213 Å². The molecule has 5 heteroatoms. The van der Waals surface area contributed by atoms with E-state index in [2.05, 4.69) is 59.3 Å². The first-order valence-corrected chi connectivity index (χ1v) is 13.1. The Morgan fingerprint density at radius 3 is 2.54 bits per heavy atom. The average molecular weight is 488 g/mol. The van der Waals surface area contributed by atoms with E-state index < -0.39 is 0 Å². The first-order valence-electron chi connectivity index (χ1n) is 12.8. The zero-order valence-corrected chi connectivity index (χ0v) is 21.2. The largest absolute Gasteiger partial charge is 0.486 e. The van der Waals surface area contributed by atoms with E-state index in [1.54, 1.807) is 0 Å². The maximum Gasteiger partial charge on any atom is 0.146 e. The summed E-state index contributed by atoms with van der Waals surface area (Å²) in [6.45, 7) is 6.14. The summed E-state index contributed by atoms with van der Waals surface area (Å²) in [6, 6.07) is 22.7. The van der Waals surface area contributed by atoms with Crippen LogP contribution < -0.4 is 4.74 Å². The molecule has 0 aliphatic carbocycles. The monoisotopic (exact) mass is 487 g/mol. The molecule has 0 saturated carbocycles. The molecule has 0 unspecified atom stereocenters. The highest BCUT2D eigenvalue weighted by Gasteiger charge is 2.19. The maximum absolute atomic E-state index is 5.95. The number of rotatable bonds is 9. The number of ether oxygens (including phenoxy) is 1. The number of hydrogen-bond acceptors (Lipinski definition) is 3. The lowest BCUT2D eigenvalue weighted by Gasteiger charge is -2.32. The number of halogens is 1. The van der Waals surface area contributed by atoms with Crippen LogP contribution in [0.15, 0.2) is 66.7 Å². The molecule has 1 N–H and O–H groups in total. The van der Waals surface area contributed by atoms with Crippen LogP contribution in [0.3, 0.4) is 0 Å². The molecule has 1 aromatic heterocycles. The number of nitrogens with zero attached hydrogens (tertiary/aromatic N) is 2. The molecular weight excluding hydrogens is 454 g/mol. The highest BCUT2D eigenvalue weighted by Crippen LogP contribution is 2.26. The van der Waals surface area contributed by atoms with E-state index in [9.17, 15) is 0 Å². The van der Waals surface area contributed by atoms with Gasteiger partial charge in [-0.3, -0.25) is 4.90 Å². The van der Waals surface area contributed by atoms with Gasteiger partial charge in [0.2, 0.25) is 0 Å². The highest BCUT2D eigenvalue weighted by atomic mass is 35.5. The fourth-order valence-electron chi connectivity index (χ4n) is 5.18. The number of nitrogens with one attached hydrogen (secondary N) is 1. The Morgan fingerprint density at radius 2 is 1.77 bits per heavy atom. The standard InChI is InChI=1S/C30H34ClN3O/c1-22-25(9-5-8-23-16-18-34(19-17-23)20-24-6-3-2-4-7-24)10-15-28-30(22)33-29(32-28)21-35-27-13-11-26(31)12-14-27/h2-4,6-7,10-15,23H,5,8-9,16-21H2,1H3,(H,32,33).